The van der Waals surface area contributed by atoms with Crippen LogP contribution < -0.4 is 40.1 Å². The first kappa shape index (κ1) is 17.5. The maximum absolute atomic E-state index is 12.2. The second-order valence-electron chi connectivity index (χ2n) is 5.08. The normalized spacial score (nSPS) is 10.3. The summed E-state index contributed by atoms with van der Waals surface area (Å²) in [6.45, 7) is 0. The van der Waals surface area contributed by atoms with Crippen molar-refractivity contribution >= 4 is 16.9 Å². The summed E-state index contributed by atoms with van der Waals surface area (Å²) < 4.78 is 5.79. The number of hydrogen-bond donors (Lipinski definition) is 0. The summed E-state index contributed by atoms with van der Waals surface area (Å²) in [5, 5.41) is 11.2. The van der Waals surface area contributed by atoms with Crippen molar-refractivity contribution < 1.29 is 43.9 Å². The molecule has 0 fully saturated rings. The van der Waals surface area contributed by atoms with Gasteiger partial charge in [0, 0.05) is 30.4 Å². The van der Waals surface area contributed by atoms with E-state index in [4.69, 9.17) is 4.42 Å². The van der Waals surface area contributed by atoms with Gasteiger partial charge in [-0.2, -0.15) is 0 Å². The summed E-state index contributed by atoms with van der Waals surface area (Å²) in [6.07, 6.45) is 0.195. The number of benzene rings is 2. The van der Waals surface area contributed by atoms with Gasteiger partial charge < -0.3 is 14.3 Å². The average molecular weight is 316 g/mol. The predicted octanol–water partition coefficient (Wildman–Crippen LogP) is -1.32. The van der Waals surface area contributed by atoms with E-state index >= 15 is 0 Å². The van der Waals surface area contributed by atoms with Gasteiger partial charge in [-0.05, 0) is 11.6 Å². The van der Waals surface area contributed by atoms with Crippen molar-refractivity contribution in [2.75, 3.05) is 0 Å². The van der Waals surface area contributed by atoms with Crippen molar-refractivity contribution in [2.24, 2.45) is 0 Å². The van der Waals surface area contributed by atoms with Gasteiger partial charge in [0.25, 0.3) is 0 Å². The van der Waals surface area contributed by atoms with Crippen LogP contribution in [0, 0.1) is 0 Å². The largest absolute Gasteiger partial charge is 1.00 e. The van der Waals surface area contributed by atoms with Crippen LogP contribution in [0.5, 0.6) is 0 Å². The van der Waals surface area contributed by atoms with Crippen molar-refractivity contribution in [1.82, 2.24) is 0 Å². The number of hydrogen-bond acceptors (Lipinski definition) is 4. The van der Waals surface area contributed by atoms with Crippen LogP contribution in [0.4, 0.5) is 0 Å². The molecule has 0 saturated heterocycles. The first-order valence-corrected chi connectivity index (χ1v) is 6.92. The number of fused-ring (bicyclic) bond motifs is 1. The quantitative estimate of drug-likeness (QED) is 0.560. The molecule has 0 atom stereocenters. The van der Waals surface area contributed by atoms with E-state index in [1.165, 1.54) is 6.07 Å². The summed E-state index contributed by atoms with van der Waals surface area (Å²) in [4.78, 5) is 23.0. The van der Waals surface area contributed by atoms with Crippen LogP contribution in [0.3, 0.4) is 0 Å². The molecule has 3 rings (SSSR count). The number of carboxylic acid groups (broad SMARTS) is 1. The van der Waals surface area contributed by atoms with Gasteiger partial charge in [0.05, 0.1) is 5.39 Å². The SMILES string of the molecule is O=C([O-])Cc1cccc2c(=O)cc(Cc3ccccc3)oc12.[Na+]. The molecule has 0 radical (unpaired) electrons. The van der Waals surface area contributed by atoms with E-state index in [1.54, 1.807) is 18.2 Å². The van der Waals surface area contributed by atoms with E-state index in [9.17, 15) is 14.7 Å². The molecular formula is C18H13NaO4. The number of carbonyl (C=O) groups is 1. The number of aliphatic carboxylic acids is 1. The molecule has 1 heterocycles. The van der Waals surface area contributed by atoms with Crippen LogP contribution in [-0.2, 0) is 17.6 Å². The first-order valence-electron chi connectivity index (χ1n) is 6.92. The van der Waals surface area contributed by atoms with E-state index < -0.39 is 5.97 Å². The Labute approximate surface area is 155 Å². The molecule has 0 N–H and O–H groups in total. The maximum Gasteiger partial charge on any atom is 1.00 e. The van der Waals surface area contributed by atoms with Crippen LogP contribution in [0.2, 0.25) is 0 Å². The average Bonchev–Trinajstić information content (AvgIpc) is 2.49. The molecule has 0 spiro atoms. The minimum atomic E-state index is -1.20. The van der Waals surface area contributed by atoms with Crippen LogP contribution in [0.1, 0.15) is 16.9 Å². The first-order chi connectivity index (χ1) is 10.6. The third kappa shape index (κ3) is 4.10. The second-order valence-corrected chi connectivity index (χ2v) is 5.08. The van der Waals surface area contributed by atoms with Crippen molar-refractivity contribution in [3.63, 3.8) is 0 Å². The van der Waals surface area contributed by atoms with Gasteiger partial charge in [-0.25, -0.2) is 0 Å². The molecule has 0 amide bonds. The van der Waals surface area contributed by atoms with Crippen LogP contribution in [0.25, 0.3) is 11.0 Å². The van der Waals surface area contributed by atoms with E-state index in [1.807, 2.05) is 30.3 Å². The molecule has 0 saturated carbocycles. The van der Waals surface area contributed by atoms with Gasteiger partial charge in [-0.15, -0.1) is 0 Å². The smallest absolute Gasteiger partial charge is 0.550 e. The van der Waals surface area contributed by atoms with Crippen molar-refractivity contribution in [1.29, 1.82) is 0 Å². The number of para-hydroxylation sites is 1. The summed E-state index contributed by atoms with van der Waals surface area (Å²) in [5.41, 5.74) is 1.62. The van der Waals surface area contributed by atoms with Crippen molar-refractivity contribution in [3.8, 4) is 0 Å². The second kappa shape index (κ2) is 7.59. The molecule has 3 aromatic rings. The van der Waals surface area contributed by atoms with Gasteiger partial charge >= 0.3 is 29.6 Å². The molecule has 4 nitrogen and oxygen atoms in total. The molecule has 5 heteroatoms. The van der Waals surface area contributed by atoms with Gasteiger partial charge in [0.2, 0.25) is 0 Å². The standard InChI is InChI=1S/C18H14O4.Na/c19-16-11-14(9-12-5-2-1-3-6-12)22-18-13(10-17(20)21)7-4-8-15(16)18;/h1-8,11H,9-10H2,(H,20,21);/q;+1/p-1. The van der Waals surface area contributed by atoms with Crippen LogP contribution in [0.15, 0.2) is 63.8 Å². The van der Waals surface area contributed by atoms with E-state index in [2.05, 4.69) is 0 Å². The van der Waals surface area contributed by atoms with Crippen molar-refractivity contribution in [3.05, 3.63) is 81.7 Å². The third-order valence-electron chi connectivity index (χ3n) is 3.44. The Morgan fingerprint density at radius 1 is 1.04 bits per heavy atom. The molecule has 110 valence electrons. The third-order valence-corrected chi connectivity index (χ3v) is 3.44. The summed E-state index contributed by atoms with van der Waals surface area (Å²) in [7, 11) is 0. The molecule has 1 aromatic heterocycles. The summed E-state index contributed by atoms with van der Waals surface area (Å²) >= 11 is 0. The molecule has 2 aromatic carbocycles. The minimum absolute atomic E-state index is 0. The molecule has 0 aliphatic carbocycles. The van der Waals surface area contributed by atoms with E-state index in [0.29, 0.717) is 28.7 Å². The molecule has 0 bridgehead atoms. The number of rotatable bonds is 4. The molecule has 0 aliphatic rings. The monoisotopic (exact) mass is 316 g/mol. The minimum Gasteiger partial charge on any atom is -0.550 e. The van der Waals surface area contributed by atoms with E-state index in [-0.39, 0.29) is 41.4 Å². The topological polar surface area (TPSA) is 70.3 Å². The Balaban J connectivity index is 0.00000192. The maximum atomic E-state index is 12.2. The Kier molecular flexibility index (Phi) is 5.77. The number of carboxylic acids is 1. The molecular weight excluding hydrogens is 303 g/mol. The summed E-state index contributed by atoms with van der Waals surface area (Å²) in [5.74, 6) is -0.696. The van der Waals surface area contributed by atoms with Gasteiger partial charge in [-0.1, -0.05) is 42.5 Å². The van der Waals surface area contributed by atoms with E-state index in [0.717, 1.165) is 5.56 Å². The fraction of sp³-hybridized carbons (Fsp3) is 0.111. The van der Waals surface area contributed by atoms with Gasteiger partial charge in [0.1, 0.15) is 11.3 Å². The van der Waals surface area contributed by atoms with Crippen LogP contribution >= 0.6 is 0 Å². The Bertz CT molecular complexity index is 884. The zero-order chi connectivity index (χ0) is 15.5. The number of carbonyl (C=O) groups excluding carboxylic acids is 1. The fourth-order valence-corrected chi connectivity index (χ4v) is 2.46. The Morgan fingerprint density at radius 2 is 1.78 bits per heavy atom. The molecule has 0 aliphatic heterocycles. The summed E-state index contributed by atoms with van der Waals surface area (Å²) in [6, 6.07) is 16.0. The predicted molar refractivity (Wildman–Crippen MR) is 80.4 cm³/mol. The van der Waals surface area contributed by atoms with Gasteiger partial charge in [0.15, 0.2) is 5.43 Å². The Hall–Kier alpha value is -1.88. The van der Waals surface area contributed by atoms with Crippen LogP contribution in [-0.4, -0.2) is 5.97 Å². The zero-order valence-electron chi connectivity index (χ0n) is 12.7. The van der Waals surface area contributed by atoms with Gasteiger partial charge in [-0.3, -0.25) is 4.79 Å². The molecule has 23 heavy (non-hydrogen) atoms. The fourth-order valence-electron chi connectivity index (χ4n) is 2.46. The molecule has 0 unspecified atom stereocenters. The zero-order valence-corrected chi connectivity index (χ0v) is 14.7. The Morgan fingerprint density at radius 3 is 2.48 bits per heavy atom. The van der Waals surface area contributed by atoms with Crippen molar-refractivity contribution in [2.45, 2.75) is 12.8 Å².